The number of β-amino-alcohol motifs (C(OH)–C–C–N with tert-alkyl or cyclic N) is 1. The van der Waals surface area contributed by atoms with Gasteiger partial charge in [-0.2, -0.15) is 0 Å². The van der Waals surface area contributed by atoms with E-state index in [-0.39, 0.29) is 11.9 Å². The fraction of sp³-hybridized carbons (Fsp3) is 0.269. The van der Waals surface area contributed by atoms with Gasteiger partial charge in [0.1, 0.15) is 5.82 Å². The van der Waals surface area contributed by atoms with E-state index in [9.17, 15) is 14.3 Å². The standard InChI is InChI=1S/C26H26Cl2FN3O2/c1-26(34,19-5-9-21(29)10-6-19)16-31-12-13-32(23-11-4-18(25(30)33)14-22(23)28)24(15-31)17-2-7-20(27)8-3-17/h2-11,14,24,34H,12-13,15-16H2,1H3,(H2,30,33)/t24-,26+/m0/s1. The molecule has 1 amide bonds. The highest BCUT2D eigenvalue weighted by Crippen LogP contribution is 2.37. The largest absolute Gasteiger partial charge is 0.384 e. The van der Waals surface area contributed by atoms with Crippen molar-refractivity contribution in [2.45, 2.75) is 18.6 Å². The number of hydrogen-bond donors (Lipinski definition) is 2. The lowest BCUT2D eigenvalue weighted by molar-refractivity contribution is 0.0102. The van der Waals surface area contributed by atoms with E-state index in [1.165, 1.54) is 12.1 Å². The van der Waals surface area contributed by atoms with Crippen molar-refractivity contribution in [1.29, 1.82) is 0 Å². The van der Waals surface area contributed by atoms with Gasteiger partial charge < -0.3 is 15.7 Å². The average molecular weight is 502 g/mol. The minimum absolute atomic E-state index is 0.0769. The summed E-state index contributed by atoms with van der Waals surface area (Å²) >= 11 is 12.7. The molecule has 1 aliphatic rings. The second-order valence-electron chi connectivity index (χ2n) is 8.81. The second-order valence-corrected chi connectivity index (χ2v) is 9.65. The van der Waals surface area contributed by atoms with Crippen molar-refractivity contribution >= 4 is 34.8 Å². The zero-order valence-electron chi connectivity index (χ0n) is 18.7. The number of hydrogen-bond acceptors (Lipinski definition) is 4. The van der Waals surface area contributed by atoms with E-state index >= 15 is 0 Å². The van der Waals surface area contributed by atoms with Crippen LogP contribution in [0.2, 0.25) is 10.0 Å². The smallest absolute Gasteiger partial charge is 0.248 e. The number of nitrogens with zero attached hydrogens (tertiary/aromatic N) is 2. The number of primary amides is 1. The minimum Gasteiger partial charge on any atom is -0.384 e. The summed E-state index contributed by atoms with van der Waals surface area (Å²) in [5, 5.41) is 12.3. The first-order valence-electron chi connectivity index (χ1n) is 11.0. The maximum Gasteiger partial charge on any atom is 0.248 e. The lowest BCUT2D eigenvalue weighted by Crippen LogP contribution is -2.52. The van der Waals surface area contributed by atoms with E-state index in [1.54, 1.807) is 31.2 Å². The van der Waals surface area contributed by atoms with Crippen LogP contribution in [0.5, 0.6) is 0 Å². The van der Waals surface area contributed by atoms with E-state index in [2.05, 4.69) is 9.80 Å². The van der Waals surface area contributed by atoms with Gasteiger partial charge in [0.2, 0.25) is 5.91 Å². The van der Waals surface area contributed by atoms with Gasteiger partial charge in [-0.1, -0.05) is 47.5 Å². The van der Waals surface area contributed by atoms with Crippen molar-refractivity contribution in [3.63, 3.8) is 0 Å². The van der Waals surface area contributed by atoms with Gasteiger partial charge in [0.25, 0.3) is 0 Å². The fourth-order valence-electron chi connectivity index (χ4n) is 4.47. The van der Waals surface area contributed by atoms with E-state index in [4.69, 9.17) is 28.9 Å². The van der Waals surface area contributed by atoms with Crippen LogP contribution in [-0.2, 0) is 5.60 Å². The summed E-state index contributed by atoms with van der Waals surface area (Å²) in [7, 11) is 0. The van der Waals surface area contributed by atoms with Gasteiger partial charge in [0.15, 0.2) is 0 Å². The zero-order chi connectivity index (χ0) is 24.5. The van der Waals surface area contributed by atoms with Crippen molar-refractivity contribution in [1.82, 2.24) is 4.90 Å². The Morgan fingerprint density at radius 2 is 1.76 bits per heavy atom. The van der Waals surface area contributed by atoms with Crippen LogP contribution in [0.4, 0.5) is 10.1 Å². The summed E-state index contributed by atoms with van der Waals surface area (Å²) in [4.78, 5) is 15.9. The Hall–Kier alpha value is -2.64. The van der Waals surface area contributed by atoms with Gasteiger partial charge in [-0.15, -0.1) is 0 Å². The molecule has 0 radical (unpaired) electrons. The highest BCUT2D eigenvalue weighted by Gasteiger charge is 2.34. The van der Waals surface area contributed by atoms with Gasteiger partial charge >= 0.3 is 0 Å². The number of carbonyl (C=O) groups is 1. The minimum atomic E-state index is -1.15. The molecule has 0 spiro atoms. The molecule has 0 saturated carbocycles. The van der Waals surface area contributed by atoms with Crippen LogP contribution in [0, 0.1) is 5.82 Å². The number of nitrogens with two attached hydrogens (primary N) is 1. The van der Waals surface area contributed by atoms with E-state index in [0.29, 0.717) is 47.4 Å². The molecule has 0 aromatic heterocycles. The molecule has 178 valence electrons. The number of rotatable bonds is 6. The number of carbonyl (C=O) groups excluding carboxylic acids is 1. The quantitative estimate of drug-likeness (QED) is 0.498. The first-order chi connectivity index (χ1) is 16.1. The first kappa shape index (κ1) is 24.5. The van der Waals surface area contributed by atoms with Crippen molar-refractivity contribution in [3.05, 3.63) is 99.3 Å². The van der Waals surface area contributed by atoms with Crippen molar-refractivity contribution < 1.29 is 14.3 Å². The van der Waals surface area contributed by atoms with Gasteiger partial charge in [0.05, 0.1) is 22.4 Å². The Balaban J connectivity index is 1.62. The molecule has 8 heteroatoms. The number of piperazine rings is 1. The third-order valence-electron chi connectivity index (χ3n) is 6.26. The van der Waals surface area contributed by atoms with Crippen LogP contribution in [0.15, 0.2) is 66.7 Å². The Morgan fingerprint density at radius 1 is 1.09 bits per heavy atom. The van der Waals surface area contributed by atoms with E-state index in [1.807, 2.05) is 30.3 Å². The molecular weight excluding hydrogens is 476 g/mol. The highest BCUT2D eigenvalue weighted by molar-refractivity contribution is 6.33. The predicted molar refractivity (Wildman–Crippen MR) is 134 cm³/mol. The summed E-state index contributed by atoms with van der Waals surface area (Å²) in [6.07, 6.45) is 0. The molecule has 3 N–H and O–H groups in total. The molecule has 5 nitrogen and oxygen atoms in total. The Labute approximate surface area is 208 Å². The van der Waals surface area contributed by atoms with E-state index < -0.39 is 11.5 Å². The summed E-state index contributed by atoms with van der Waals surface area (Å²) in [5.41, 5.74) is 7.11. The van der Waals surface area contributed by atoms with Crippen LogP contribution in [0.1, 0.15) is 34.5 Å². The van der Waals surface area contributed by atoms with Gasteiger partial charge in [-0.25, -0.2) is 4.39 Å². The third-order valence-corrected chi connectivity index (χ3v) is 6.81. The number of amides is 1. The molecular formula is C26H26Cl2FN3O2. The zero-order valence-corrected chi connectivity index (χ0v) is 20.2. The number of anilines is 1. The Morgan fingerprint density at radius 3 is 2.38 bits per heavy atom. The third kappa shape index (κ3) is 5.36. The van der Waals surface area contributed by atoms with E-state index in [0.717, 1.165) is 11.3 Å². The fourth-order valence-corrected chi connectivity index (χ4v) is 4.89. The normalized spacial score (nSPS) is 18.5. The lowest BCUT2D eigenvalue weighted by atomic mass is 9.93. The predicted octanol–water partition coefficient (Wildman–Crippen LogP) is 5.00. The molecule has 4 rings (SSSR count). The van der Waals surface area contributed by atoms with Crippen LogP contribution in [0.3, 0.4) is 0 Å². The number of aliphatic hydroxyl groups is 1. The van der Waals surface area contributed by atoms with Crippen LogP contribution in [0.25, 0.3) is 0 Å². The van der Waals surface area contributed by atoms with Crippen LogP contribution >= 0.6 is 23.2 Å². The molecule has 1 saturated heterocycles. The number of halogens is 3. The Kier molecular flexibility index (Phi) is 7.14. The topological polar surface area (TPSA) is 69.8 Å². The monoisotopic (exact) mass is 501 g/mol. The van der Waals surface area contributed by atoms with Crippen LogP contribution < -0.4 is 10.6 Å². The number of benzene rings is 3. The molecule has 3 aromatic rings. The van der Waals surface area contributed by atoms with Crippen molar-refractivity contribution in [2.75, 3.05) is 31.1 Å². The Bertz CT molecular complexity index is 1170. The lowest BCUT2D eigenvalue weighted by Gasteiger charge is -2.45. The molecule has 0 aliphatic carbocycles. The van der Waals surface area contributed by atoms with Gasteiger partial charge in [0, 0.05) is 36.8 Å². The van der Waals surface area contributed by atoms with Gasteiger partial charge in [-0.3, -0.25) is 9.69 Å². The molecule has 3 aromatic carbocycles. The van der Waals surface area contributed by atoms with Gasteiger partial charge in [-0.05, 0) is 60.5 Å². The molecule has 1 aliphatic heterocycles. The maximum absolute atomic E-state index is 13.4. The summed E-state index contributed by atoms with van der Waals surface area (Å²) < 4.78 is 13.4. The molecule has 1 heterocycles. The molecule has 2 atom stereocenters. The maximum atomic E-state index is 13.4. The van der Waals surface area contributed by atoms with Crippen molar-refractivity contribution in [2.24, 2.45) is 5.73 Å². The van der Waals surface area contributed by atoms with Crippen molar-refractivity contribution in [3.8, 4) is 0 Å². The summed E-state index contributed by atoms with van der Waals surface area (Å²) in [6, 6.07) is 18.6. The first-order valence-corrected chi connectivity index (χ1v) is 11.7. The molecule has 1 fully saturated rings. The SMILES string of the molecule is C[C@@](O)(CN1CCN(c2ccc(C(N)=O)cc2Cl)[C@H](c2ccc(Cl)cc2)C1)c1ccc(F)cc1. The molecule has 0 bridgehead atoms. The van der Waals surface area contributed by atoms with Crippen LogP contribution in [-0.4, -0.2) is 42.1 Å². The average Bonchev–Trinajstić information content (AvgIpc) is 2.80. The molecule has 34 heavy (non-hydrogen) atoms. The molecule has 0 unspecified atom stereocenters. The summed E-state index contributed by atoms with van der Waals surface area (Å²) in [6.45, 7) is 4.05. The second kappa shape index (κ2) is 9.92. The highest BCUT2D eigenvalue weighted by atomic mass is 35.5. The summed E-state index contributed by atoms with van der Waals surface area (Å²) in [5.74, 6) is -0.870.